The fourth-order valence-electron chi connectivity index (χ4n) is 3.47. The van der Waals surface area contributed by atoms with E-state index >= 15 is 0 Å². The van der Waals surface area contributed by atoms with Crippen molar-refractivity contribution >= 4 is 34.0 Å². The lowest BCUT2D eigenvalue weighted by Crippen LogP contribution is -2.31. The molecule has 138 valence electrons. The third kappa shape index (κ3) is 3.95. The molecule has 1 aromatic heterocycles. The molecule has 4 nitrogen and oxygen atoms in total. The van der Waals surface area contributed by atoms with Gasteiger partial charge in [0.2, 0.25) is 5.91 Å². The summed E-state index contributed by atoms with van der Waals surface area (Å²) < 4.78 is 0. The average Bonchev–Trinajstić information content (AvgIpc) is 3.53. The highest BCUT2D eigenvalue weighted by Crippen LogP contribution is 2.37. The van der Waals surface area contributed by atoms with E-state index in [2.05, 4.69) is 29.3 Å². The van der Waals surface area contributed by atoms with Crippen molar-refractivity contribution in [1.29, 1.82) is 0 Å². The molecule has 2 aromatic rings. The van der Waals surface area contributed by atoms with Crippen LogP contribution in [0.5, 0.6) is 0 Å². The number of aromatic nitrogens is 1. The third-order valence-electron chi connectivity index (χ3n) is 5.21. The standard InChI is InChI=1S/C20H24ClN3OS/c1-13(15-3-5-16(21)6-4-15)23(18-7-8-18)11-17-12-26-20(22-17)24(14(2)25)19-9-10-19/h3-6,12-13,18-19H,7-11H2,1-2H3. The first-order chi connectivity index (χ1) is 12.5. The van der Waals surface area contributed by atoms with Crippen LogP contribution in [0.1, 0.15) is 56.8 Å². The highest BCUT2D eigenvalue weighted by Gasteiger charge is 2.35. The van der Waals surface area contributed by atoms with Crippen molar-refractivity contribution in [2.75, 3.05) is 4.90 Å². The number of halogens is 1. The van der Waals surface area contributed by atoms with Crippen LogP contribution in [0.25, 0.3) is 0 Å². The summed E-state index contributed by atoms with van der Waals surface area (Å²) in [6.45, 7) is 4.71. The number of hydrogen-bond acceptors (Lipinski definition) is 4. The zero-order chi connectivity index (χ0) is 18.3. The van der Waals surface area contributed by atoms with E-state index in [-0.39, 0.29) is 5.91 Å². The maximum absolute atomic E-state index is 12.0. The number of nitrogens with zero attached hydrogens (tertiary/aromatic N) is 3. The first kappa shape index (κ1) is 18.0. The Morgan fingerprint density at radius 2 is 1.88 bits per heavy atom. The van der Waals surface area contributed by atoms with Gasteiger partial charge in [-0.25, -0.2) is 4.98 Å². The molecule has 1 heterocycles. The van der Waals surface area contributed by atoms with Crippen molar-refractivity contribution in [3.05, 3.63) is 45.9 Å². The molecule has 1 unspecified atom stereocenters. The maximum Gasteiger partial charge on any atom is 0.225 e. The summed E-state index contributed by atoms with van der Waals surface area (Å²) in [6, 6.07) is 9.44. The second-order valence-corrected chi connectivity index (χ2v) is 8.65. The van der Waals surface area contributed by atoms with Crippen LogP contribution >= 0.6 is 22.9 Å². The zero-order valence-electron chi connectivity index (χ0n) is 15.2. The van der Waals surface area contributed by atoms with Gasteiger partial charge in [-0.1, -0.05) is 23.7 Å². The van der Waals surface area contributed by atoms with E-state index in [1.807, 2.05) is 17.0 Å². The van der Waals surface area contributed by atoms with Crippen LogP contribution in [0.3, 0.4) is 0 Å². The van der Waals surface area contributed by atoms with E-state index in [0.29, 0.717) is 18.1 Å². The summed E-state index contributed by atoms with van der Waals surface area (Å²) in [4.78, 5) is 21.2. The molecule has 0 bridgehead atoms. The average molecular weight is 390 g/mol. The van der Waals surface area contributed by atoms with Gasteiger partial charge in [0.25, 0.3) is 0 Å². The highest BCUT2D eigenvalue weighted by molar-refractivity contribution is 7.14. The largest absolute Gasteiger partial charge is 0.288 e. The van der Waals surface area contributed by atoms with E-state index in [1.165, 1.54) is 18.4 Å². The first-order valence-electron chi connectivity index (χ1n) is 9.28. The molecule has 2 saturated carbocycles. The minimum atomic E-state index is 0.0991. The van der Waals surface area contributed by atoms with Gasteiger partial charge in [-0.05, 0) is 50.3 Å². The zero-order valence-corrected chi connectivity index (χ0v) is 16.8. The molecule has 1 aromatic carbocycles. The monoisotopic (exact) mass is 389 g/mol. The molecular weight excluding hydrogens is 366 g/mol. The van der Waals surface area contributed by atoms with Gasteiger partial charge in [0.15, 0.2) is 5.13 Å². The van der Waals surface area contributed by atoms with Crippen molar-refractivity contribution < 1.29 is 4.79 Å². The van der Waals surface area contributed by atoms with Gasteiger partial charge >= 0.3 is 0 Å². The number of benzene rings is 1. The molecule has 0 spiro atoms. The lowest BCUT2D eigenvalue weighted by Gasteiger charge is -2.29. The minimum Gasteiger partial charge on any atom is -0.288 e. The highest BCUT2D eigenvalue weighted by atomic mass is 35.5. The molecule has 0 radical (unpaired) electrons. The number of carbonyl (C=O) groups is 1. The molecule has 0 N–H and O–H groups in total. The Hall–Kier alpha value is -1.43. The van der Waals surface area contributed by atoms with Crippen LogP contribution in [-0.4, -0.2) is 27.9 Å². The molecule has 2 fully saturated rings. The van der Waals surface area contributed by atoms with Crippen molar-refractivity contribution in [2.24, 2.45) is 0 Å². The maximum atomic E-state index is 12.0. The lowest BCUT2D eigenvalue weighted by atomic mass is 10.1. The number of amides is 1. The van der Waals surface area contributed by atoms with E-state index in [0.717, 1.165) is 35.2 Å². The Bertz CT molecular complexity index is 783. The van der Waals surface area contributed by atoms with Gasteiger partial charge in [-0.15, -0.1) is 11.3 Å². The first-order valence-corrected chi connectivity index (χ1v) is 10.5. The SMILES string of the molecule is CC(=O)N(c1nc(CN(C2CC2)C(C)c2ccc(Cl)cc2)cs1)C1CC1. The van der Waals surface area contributed by atoms with Crippen LogP contribution in [0.4, 0.5) is 5.13 Å². The van der Waals surface area contributed by atoms with Crippen molar-refractivity contribution in [3.63, 3.8) is 0 Å². The van der Waals surface area contributed by atoms with Gasteiger partial charge in [0.05, 0.1) is 5.69 Å². The van der Waals surface area contributed by atoms with E-state index < -0.39 is 0 Å². The second-order valence-electron chi connectivity index (χ2n) is 7.37. The Balaban J connectivity index is 1.50. The Morgan fingerprint density at radius 1 is 1.23 bits per heavy atom. The summed E-state index contributed by atoms with van der Waals surface area (Å²) in [6.07, 6.45) is 4.68. The summed E-state index contributed by atoms with van der Waals surface area (Å²) in [5, 5.41) is 3.73. The number of anilines is 1. The second kappa shape index (κ2) is 7.29. The van der Waals surface area contributed by atoms with Crippen molar-refractivity contribution in [1.82, 2.24) is 9.88 Å². The minimum absolute atomic E-state index is 0.0991. The van der Waals surface area contributed by atoms with E-state index in [1.54, 1.807) is 18.3 Å². The molecule has 1 amide bonds. The molecule has 2 aliphatic rings. The Labute approximate surface area is 163 Å². The molecule has 4 rings (SSSR count). The predicted octanol–water partition coefficient (Wildman–Crippen LogP) is 5.04. The Kier molecular flexibility index (Phi) is 5.04. The van der Waals surface area contributed by atoms with Crippen LogP contribution < -0.4 is 4.90 Å². The Morgan fingerprint density at radius 3 is 2.46 bits per heavy atom. The predicted molar refractivity (Wildman–Crippen MR) is 107 cm³/mol. The number of carbonyl (C=O) groups excluding carboxylic acids is 1. The summed E-state index contributed by atoms with van der Waals surface area (Å²) in [5.41, 5.74) is 2.34. The summed E-state index contributed by atoms with van der Waals surface area (Å²) in [7, 11) is 0. The molecular formula is C20H24ClN3OS. The van der Waals surface area contributed by atoms with Crippen molar-refractivity contribution in [3.8, 4) is 0 Å². The molecule has 2 aliphatic carbocycles. The van der Waals surface area contributed by atoms with Crippen LogP contribution in [0, 0.1) is 0 Å². The molecule has 26 heavy (non-hydrogen) atoms. The molecule has 6 heteroatoms. The van der Waals surface area contributed by atoms with Gasteiger partial charge in [0.1, 0.15) is 0 Å². The van der Waals surface area contributed by atoms with E-state index in [4.69, 9.17) is 16.6 Å². The van der Waals surface area contributed by atoms with Gasteiger partial charge in [-0.2, -0.15) is 0 Å². The van der Waals surface area contributed by atoms with E-state index in [9.17, 15) is 4.79 Å². The van der Waals surface area contributed by atoms with Crippen molar-refractivity contribution in [2.45, 2.75) is 64.2 Å². The third-order valence-corrected chi connectivity index (χ3v) is 6.35. The molecule has 1 atom stereocenters. The smallest absolute Gasteiger partial charge is 0.225 e. The number of thiazole rings is 1. The molecule has 0 aliphatic heterocycles. The number of rotatable bonds is 7. The lowest BCUT2D eigenvalue weighted by molar-refractivity contribution is -0.116. The molecule has 0 saturated heterocycles. The fraction of sp³-hybridized carbons (Fsp3) is 0.500. The summed E-state index contributed by atoms with van der Waals surface area (Å²) in [5.74, 6) is 0.0991. The fourth-order valence-corrected chi connectivity index (χ4v) is 4.52. The van der Waals surface area contributed by atoms with Crippen LogP contribution in [0.2, 0.25) is 5.02 Å². The van der Waals surface area contributed by atoms with Crippen LogP contribution in [0.15, 0.2) is 29.6 Å². The van der Waals surface area contributed by atoms with Gasteiger partial charge in [-0.3, -0.25) is 14.6 Å². The van der Waals surface area contributed by atoms with Gasteiger partial charge in [0, 0.05) is 42.0 Å². The quantitative estimate of drug-likeness (QED) is 0.665. The number of hydrogen-bond donors (Lipinski definition) is 0. The topological polar surface area (TPSA) is 36.4 Å². The summed E-state index contributed by atoms with van der Waals surface area (Å²) >= 11 is 7.62. The normalized spacial score (nSPS) is 18.2. The van der Waals surface area contributed by atoms with Crippen LogP contribution in [-0.2, 0) is 11.3 Å². The van der Waals surface area contributed by atoms with Gasteiger partial charge < -0.3 is 0 Å².